The largest absolute Gasteiger partial charge is 0.494 e. The number of amides is 4. The van der Waals surface area contributed by atoms with Gasteiger partial charge in [-0.15, -0.1) is 0 Å². The first-order valence-electron chi connectivity index (χ1n) is 11.9. The molecule has 0 spiro atoms. The van der Waals surface area contributed by atoms with Crippen molar-refractivity contribution in [1.82, 2.24) is 5.32 Å². The summed E-state index contributed by atoms with van der Waals surface area (Å²) >= 11 is 14.3. The molecule has 0 radical (unpaired) electrons. The van der Waals surface area contributed by atoms with E-state index in [0.717, 1.165) is 10.5 Å². The highest BCUT2D eigenvalue weighted by Crippen LogP contribution is 2.36. The van der Waals surface area contributed by atoms with Crippen LogP contribution in [0.3, 0.4) is 0 Å². The molecular formula is C28H23Cl2IN2O6. The molecule has 202 valence electrons. The van der Waals surface area contributed by atoms with E-state index in [9.17, 15) is 14.4 Å². The predicted molar refractivity (Wildman–Crippen MR) is 158 cm³/mol. The molecule has 3 aromatic carbocycles. The smallest absolute Gasteiger partial charge is 0.335 e. The van der Waals surface area contributed by atoms with Crippen molar-refractivity contribution in [2.75, 3.05) is 18.1 Å². The number of rotatable bonds is 9. The molecule has 0 bridgehead atoms. The average molecular weight is 681 g/mol. The molecule has 11 heteroatoms. The number of hydrogen-bond donors (Lipinski definition) is 1. The van der Waals surface area contributed by atoms with E-state index in [2.05, 4.69) is 27.9 Å². The quantitative estimate of drug-likeness (QED) is 0.155. The fourth-order valence-corrected chi connectivity index (χ4v) is 5.02. The van der Waals surface area contributed by atoms with Crippen LogP contribution in [0.25, 0.3) is 6.08 Å². The number of barbiturate groups is 1. The molecule has 0 atom stereocenters. The molecule has 8 nitrogen and oxygen atoms in total. The van der Waals surface area contributed by atoms with Gasteiger partial charge in [0.25, 0.3) is 11.8 Å². The number of hydrogen-bond acceptors (Lipinski definition) is 6. The third-order valence-electron chi connectivity index (χ3n) is 5.54. The van der Waals surface area contributed by atoms with Crippen molar-refractivity contribution in [2.45, 2.75) is 20.5 Å². The Morgan fingerprint density at radius 1 is 0.923 bits per heavy atom. The molecule has 39 heavy (non-hydrogen) atoms. The first-order valence-corrected chi connectivity index (χ1v) is 13.7. The molecule has 1 aliphatic heterocycles. The number of benzene rings is 3. The van der Waals surface area contributed by atoms with Crippen molar-refractivity contribution in [1.29, 1.82) is 0 Å². The van der Waals surface area contributed by atoms with Crippen molar-refractivity contribution in [3.63, 3.8) is 0 Å². The molecule has 1 aliphatic rings. The van der Waals surface area contributed by atoms with Gasteiger partial charge in [0.15, 0.2) is 11.5 Å². The Kier molecular flexibility index (Phi) is 9.36. The SMILES string of the molecule is CCOc1ccc(N2C(=O)NC(=O)/C(=C/c3cc(I)c(OCc4ccc(Cl)cc4Cl)c(OCC)c3)C2=O)cc1. The van der Waals surface area contributed by atoms with E-state index in [1.807, 2.05) is 13.8 Å². The summed E-state index contributed by atoms with van der Waals surface area (Å²) < 4.78 is 17.9. The first kappa shape index (κ1) is 28.7. The summed E-state index contributed by atoms with van der Waals surface area (Å²) in [4.78, 5) is 39.4. The Hall–Kier alpha value is -3.28. The zero-order valence-electron chi connectivity index (χ0n) is 20.9. The fraction of sp³-hybridized carbons (Fsp3) is 0.179. The van der Waals surface area contributed by atoms with Crippen LogP contribution in [0.15, 0.2) is 60.2 Å². The van der Waals surface area contributed by atoms with Gasteiger partial charge < -0.3 is 14.2 Å². The standard InChI is InChI=1S/C28H23Cl2IN2O6/c1-3-37-20-9-7-19(8-10-20)33-27(35)21(26(34)32-28(33)36)11-16-12-23(31)25(24(13-16)38-4-2)39-15-17-5-6-18(29)14-22(17)30/h5-14H,3-4,15H2,1-2H3,(H,32,34,36)/b21-11-. The molecule has 1 saturated heterocycles. The van der Waals surface area contributed by atoms with Gasteiger partial charge in [-0.3, -0.25) is 14.9 Å². The van der Waals surface area contributed by atoms with Gasteiger partial charge in [-0.25, -0.2) is 9.69 Å². The minimum atomic E-state index is -0.833. The minimum Gasteiger partial charge on any atom is -0.494 e. The van der Waals surface area contributed by atoms with Gasteiger partial charge in [-0.05, 0) is 96.6 Å². The maximum Gasteiger partial charge on any atom is 0.335 e. The summed E-state index contributed by atoms with van der Waals surface area (Å²) in [6, 6.07) is 14.2. The number of carbonyl (C=O) groups is 3. The Bertz CT molecular complexity index is 1460. The monoisotopic (exact) mass is 680 g/mol. The van der Waals surface area contributed by atoms with E-state index in [1.165, 1.54) is 6.08 Å². The lowest BCUT2D eigenvalue weighted by atomic mass is 10.1. The van der Waals surface area contributed by atoms with Gasteiger partial charge in [0.2, 0.25) is 0 Å². The van der Waals surface area contributed by atoms with Gasteiger partial charge in [0.05, 0.1) is 22.5 Å². The molecule has 1 N–H and O–H groups in total. The van der Waals surface area contributed by atoms with Crippen LogP contribution >= 0.6 is 45.8 Å². The number of nitrogens with one attached hydrogen (secondary N) is 1. The van der Waals surface area contributed by atoms with Crippen LogP contribution in [0, 0.1) is 3.57 Å². The van der Waals surface area contributed by atoms with E-state index in [-0.39, 0.29) is 12.2 Å². The number of ether oxygens (including phenoxy) is 3. The summed E-state index contributed by atoms with van der Waals surface area (Å²) in [5, 5.41) is 3.23. The number of urea groups is 1. The molecule has 3 aromatic rings. The molecule has 0 aromatic heterocycles. The van der Waals surface area contributed by atoms with Crippen LogP contribution in [0.4, 0.5) is 10.5 Å². The molecule has 4 rings (SSSR count). The zero-order valence-corrected chi connectivity index (χ0v) is 24.6. The fourth-order valence-electron chi connectivity index (χ4n) is 3.78. The summed E-state index contributed by atoms with van der Waals surface area (Å²) in [5.41, 5.74) is 1.35. The molecule has 4 amide bonds. The number of anilines is 1. The molecule has 1 heterocycles. The van der Waals surface area contributed by atoms with Crippen molar-refractivity contribution >= 4 is 75.4 Å². The predicted octanol–water partition coefficient (Wildman–Crippen LogP) is 6.64. The molecular weight excluding hydrogens is 658 g/mol. The first-order chi connectivity index (χ1) is 18.7. The second kappa shape index (κ2) is 12.7. The Balaban J connectivity index is 1.63. The van der Waals surface area contributed by atoms with Crippen molar-refractivity contribution < 1.29 is 28.6 Å². The van der Waals surface area contributed by atoms with Crippen molar-refractivity contribution in [3.05, 3.63) is 84.9 Å². The Morgan fingerprint density at radius 2 is 1.64 bits per heavy atom. The highest BCUT2D eigenvalue weighted by Gasteiger charge is 2.37. The number of carbonyl (C=O) groups excluding carboxylic acids is 3. The van der Waals surface area contributed by atoms with Crippen LogP contribution in [-0.4, -0.2) is 31.1 Å². The Labute approximate surface area is 249 Å². The molecule has 1 fully saturated rings. The van der Waals surface area contributed by atoms with Crippen molar-refractivity contribution in [3.8, 4) is 17.2 Å². The highest BCUT2D eigenvalue weighted by molar-refractivity contribution is 14.1. The minimum absolute atomic E-state index is 0.173. The van der Waals surface area contributed by atoms with Gasteiger partial charge in [0.1, 0.15) is 17.9 Å². The van der Waals surface area contributed by atoms with Crippen LogP contribution in [0.2, 0.25) is 10.0 Å². The number of imide groups is 2. The number of nitrogens with zero attached hydrogens (tertiary/aromatic N) is 1. The third kappa shape index (κ3) is 6.66. The summed E-state index contributed by atoms with van der Waals surface area (Å²) in [5.74, 6) is -0.0474. The highest BCUT2D eigenvalue weighted by atomic mass is 127. The van der Waals surface area contributed by atoms with E-state index >= 15 is 0 Å². The summed E-state index contributed by atoms with van der Waals surface area (Å²) in [6.45, 7) is 4.69. The van der Waals surface area contributed by atoms with Gasteiger partial charge >= 0.3 is 6.03 Å². The van der Waals surface area contributed by atoms with Gasteiger partial charge in [0, 0.05) is 15.6 Å². The van der Waals surface area contributed by atoms with Crippen molar-refractivity contribution in [2.24, 2.45) is 0 Å². The van der Waals surface area contributed by atoms with Crippen LogP contribution in [-0.2, 0) is 16.2 Å². The second-order valence-electron chi connectivity index (χ2n) is 8.17. The van der Waals surface area contributed by atoms with Gasteiger partial charge in [-0.1, -0.05) is 29.3 Å². The van der Waals surface area contributed by atoms with E-state index in [1.54, 1.807) is 54.6 Å². The molecule has 0 aliphatic carbocycles. The third-order valence-corrected chi connectivity index (χ3v) is 6.93. The Morgan fingerprint density at radius 3 is 2.31 bits per heavy atom. The average Bonchev–Trinajstić information content (AvgIpc) is 2.88. The molecule has 0 saturated carbocycles. The zero-order chi connectivity index (χ0) is 28.1. The number of halogens is 3. The normalized spacial score (nSPS) is 14.4. The topological polar surface area (TPSA) is 94.2 Å². The summed E-state index contributed by atoms with van der Waals surface area (Å²) in [6.07, 6.45) is 1.41. The van der Waals surface area contributed by atoms with E-state index in [4.69, 9.17) is 37.4 Å². The van der Waals surface area contributed by atoms with Crippen LogP contribution in [0.5, 0.6) is 17.2 Å². The lowest BCUT2D eigenvalue weighted by Gasteiger charge is -2.26. The van der Waals surface area contributed by atoms with Gasteiger partial charge in [-0.2, -0.15) is 0 Å². The lowest BCUT2D eigenvalue weighted by Crippen LogP contribution is -2.54. The second-order valence-corrected chi connectivity index (χ2v) is 10.2. The lowest BCUT2D eigenvalue weighted by molar-refractivity contribution is -0.122. The molecule has 0 unspecified atom stereocenters. The maximum absolute atomic E-state index is 13.3. The maximum atomic E-state index is 13.3. The van der Waals surface area contributed by atoms with Crippen LogP contribution in [0.1, 0.15) is 25.0 Å². The van der Waals surface area contributed by atoms with Crippen LogP contribution < -0.4 is 24.4 Å². The van der Waals surface area contributed by atoms with E-state index < -0.39 is 17.8 Å². The summed E-state index contributed by atoms with van der Waals surface area (Å²) in [7, 11) is 0. The van der Waals surface area contributed by atoms with E-state index in [0.29, 0.717) is 55.3 Å².